The van der Waals surface area contributed by atoms with E-state index in [1.807, 2.05) is 0 Å². The molecule has 0 aromatic carbocycles. The second kappa shape index (κ2) is 11.4. The lowest BCUT2D eigenvalue weighted by atomic mass is 9.97. The molecule has 15 heteroatoms. The molecule has 33 heavy (non-hydrogen) atoms. The molecule has 0 radical (unpaired) electrons. The minimum absolute atomic E-state index is 0.156. The molecule has 0 aliphatic carbocycles. The predicted molar refractivity (Wildman–Crippen MR) is 99.9 cm³/mol. The lowest BCUT2D eigenvalue weighted by molar-refractivity contribution is -0.359. The fraction of sp³-hybridized carbons (Fsp3) is 1.00. The minimum Gasteiger partial charge on any atom is -0.394 e. The van der Waals surface area contributed by atoms with E-state index < -0.39 is 106 Å². The summed E-state index contributed by atoms with van der Waals surface area (Å²) in [5, 5.41) is 98.8. The van der Waals surface area contributed by atoms with Crippen molar-refractivity contribution in [2.24, 2.45) is 0 Å². The normalized spacial score (nSPS) is 51.5. The SMILES string of the molecule is OC[C@H]1O[C@H](O[C@@H]2[C@H](O)[C@@H](O)O[C@H](CO[C@@H]3C[C@@H](O)[C@H](O)[C@@H](CO)O3)[C@H]2O)[C@@H](O)[C@@H](O)[C@@H]1O. The molecular formula is C18H32O15. The molecule has 3 saturated heterocycles. The number of hydrogen-bond donors (Lipinski definition) is 10. The summed E-state index contributed by atoms with van der Waals surface area (Å²) in [6.07, 6.45) is -21.4. The highest BCUT2D eigenvalue weighted by molar-refractivity contribution is 4.94. The van der Waals surface area contributed by atoms with Gasteiger partial charge in [0.25, 0.3) is 0 Å². The quantitative estimate of drug-likeness (QED) is 0.160. The molecule has 14 atom stereocenters. The number of aliphatic hydroxyl groups is 10. The van der Waals surface area contributed by atoms with E-state index in [0.717, 1.165) is 0 Å². The number of rotatable bonds is 7. The molecule has 15 nitrogen and oxygen atoms in total. The van der Waals surface area contributed by atoms with Gasteiger partial charge in [-0.05, 0) is 0 Å². The van der Waals surface area contributed by atoms with E-state index in [-0.39, 0.29) is 6.42 Å². The van der Waals surface area contributed by atoms with Gasteiger partial charge in [0.2, 0.25) is 0 Å². The Morgan fingerprint density at radius 3 is 1.91 bits per heavy atom. The van der Waals surface area contributed by atoms with Crippen LogP contribution in [0.1, 0.15) is 6.42 Å². The monoisotopic (exact) mass is 488 g/mol. The van der Waals surface area contributed by atoms with Gasteiger partial charge in [0, 0.05) is 6.42 Å². The van der Waals surface area contributed by atoms with Crippen molar-refractivity contribution in [3.63, 3.8) is 0 Å². The highest BCUT2D eigenvalue weighted by Crippen LogP contribution is 2.29. The highest BCUT2D eigenvalue weighted by Gasteiger charge is 2.50. The van der Waals surface area contributed by atoms with Crippen LogP contribution in [0, 0.1) is 0 Å². The van der Waals surface area contributed by atoms with Gasteiger partial charge < -0.3 is 74.7 Å². The summed E-state index contributed by atoms with van der Waals surface area (Å²) >= 11 is 0. The topological polar surface area (TPSA) is 248 Å². The molecule has 3 aliphatic rings. The van der Waals surface area contributed by atoms with Gasteiger partial charge >= 0.3 is 0 Å². The predicted octanol–water partition coefficient (Wildman–Crippen LogP) is -6.54. The van der Waals surface area contributed by atoms with Crippen LogP contribution >= 0.6 is 0 Å². The fourth-order valence-corrected chi connectivity index (χ4v) is 3.93. The molecule has 3 heterocycles. The standard InChI is InChI=1S/C18H32O15/c19-2-6-10(22)5(21)1-9(30-6)29-4-8-12(24)16(15(27)17(28)31-8)33-18-14(26)13(25)11(23)7(3-20)32-18/h5-28H,1-4H2/t5-,6-,7-,8-,9+,10+,11-,12-,13+,14+,15+,16+,17+,18-/m1/s1. The van der Waals surface area contributed by atoms with Gasteiger partial charge in [-0.3, -0.25) is 0 Å². The zero-order chi connectivity index (χ0) is 24.4. The Balaban J connectivity index is 1.63. The average Bonchev–Trinajstić information content (AvgIpc) is 2.80. The second-order valence-electron chi connectivity index (χ2n) is 8.26. The summed E-state index contributed by atoms with van der Waals surface area (Å²) < 4.78 is 26.5. The Hall–Kier alpha value is -0.600. The molecule has 0 amide bonds. The van der Waals surface area contributed by atoms with Crippen LogP contribution in [-0.2, 0) is 23.7 Å². The zero-order valence-corrected chi connectivity index (χ0v) is 17.4. The summed E-state index contributed by atoms with van der Waals surface area (Å²) in [5.41, 5.74) is 0. The fourth-order valence-electron chi connectivity index (χ4n) is 3.93. The summed E-state index contributed by atoms with van der Waals surface area (Å²) in [6, 6.07) is 0. The van der Waals surface area contributed by atoms with E-state index in [0.29, 0.717) is 0 Å². The van der Waals surface area contributed by atoms with Gasteiger partial charge in [-0.25, -0.2) is 0 Å². The second-order valence-corrected chi connectivity index (χ2v) is 8.26. The van der Waals surface area contributed by atoms with Crippen LogP contribution in [0.2, 0.25) is 0 Å². The summed E-state index contributed by atoms with van der Waals surface area (Å²) in [5.74, 6) is 0. The smallest absolute Gasteiger partial charge is 0.187 e. The third-order valence-electron chi connectivity index (χ3n) is 5.96. The Morgan fingerprint density at radius 1 is 0.636 bits per heavy atom. The van der Waals surface area contributed by atoms with Crippen molar-refractivity contribution in [1.29, 1.82) is 0 Å². The van der Waals surface area contributed by atoms with Crippen molar-refractivity contribution in [2.45, 2.75) is 92.4 Å². The van der Waals surface area contributed by atoms with Crippen LogP contribution in [0.3, 0.4) is 0 Å². The first-order valence-corrected chi connectivity index (χ1v) is 10.5. The van der Waals surface area contributed by atoms with Crippen molar-refractivity contribution in [3.05, 3.63) is 0 Å². The number of hydrogen-bond acceptors (Lipinski definition) is 15. The summed E-state index contributed by atoms with van der Waals surface area (Å²) in [7, 11) is 0. The van der Waals surface area contributed by atoms with Crippen LogP contribution in [0.4, 0.5) is 0 Å². The van der Waals surface area contributed by atoms with E-state index >= 15 is 0 Å². The van der Waals surface area contributed by atoms with Crippen LogP contribution in [0.25, 0.3) is 0 Å². The van der Waals surface area contributed by atoms with Crippen LogP contribution in [0.15, 0.2) is 0 Å². The maximum Gasteiger partial charge on any atom is 0.187 e. The van der Waals surface area contributed by atoms with Crippen molar-refractivity contribution < 1.29 is 74.7 Å². The summed E-state index contributed by atoms with van der Waals surface area (Å²) in [4.78, 5) is 0. The maximum absolute atomic E-state index is 10.6. The minimum atomic E-state index is -1.86. The summed E-state index contributed by atoms with van der Waals surface area (Å²) in [6.45, 7) is -1.74. The van der Waals surface area contributed by atoms with E-state index in [2.05, 4.69) is 0 Å². The molecule has 0 unspecified atom stereocenters. The Kier molecular flexibility index (Phi) is 9.35. The van der Waals surface area contributed by atoms with E-state index in [1.165, 1.54) is 0 Å². The van der Waals surface area contributed by atoms with Crippen LogP contribution in [-0.4, -0.2) is 157 Å². The molecule has 0 spiro atoms. The van der Waals surface area contributed by atoms with Crippen LogP contribution in [0.5, 0.6) is 0 Å². The molecule has 3 rings (SSSR count). The Bertz CT molecular complexity index is 609. The largest absolute Gasteiger partial charge is 0.394 e. The molecule has 194 valence electrons. The molecule has 0 aromatic rings. The third kappa shape index (κ3) is 5.80. The van der Waals surface area contributed by atoms with Crippen molar-refractivity contribution in [2.75, 3.05) is 19.8 Å². The molecule has 0 aromatic heterocycles. The third-order valence-corrected chi connectivity index (χ3v) is 5.96. The highest BCUT2D eigenvalue weighted by atomic mass is 16.7. The molecule has 3 fully saturated rings. The van der Waals surface area contributed by atoms with Gasteiger partial charge in [-0.2, -0.15) is 0 Å². The number of aliphatic hydroxyl groups excluding tert-OH is 10. The van der Waals surface area contributed by atoms with Gasteiger partial charge in [0.1, 0.15) is 61.0 Å². The first-order valence-electron chi connectivity index (χ1n) is 10.5. The Morgan fingerprint density at radius 2 is 1.27 bits per heavy atom. The van der Waals surface area contributed by atoms with Crippen LogP contribution < -0.4 is 0 Å². The molecule has 10 N–H and O–H groups in total. The lowest BCUT2D eigenvalue weighted by Gasteiger charge is -2.45. The maximum atomic E-state index is 10.6. The first kappa shape index (κ1) is 27.0. The molecule has 0 saturated carbocycles. The van der Waals surface area contributed by atoms with E-state index in [4.69, 9.17) is 23.7 Å². The first-order chi connectivity index (χ1) is 15.6. The van der Waals surface area contributed by atoms with Gasteiger partial charge in [-0.15, -0.1) is 0 Å². The average molecular weight is 488 g/mol. The van der Waals surface area contributed by atoms with Gasteiger partial charge in [-0.1, -0.05) is 0 Å². The van der Waals surface area contributed by atoms with E-state index in [1.54, 1.807) is 0 Å². The number of ether oxygens (including phenoxy) is 5. The van der Waals surface area contributed by atoms with Crippen molar-refractivity contribution in [1.82, 2.24) is 0 Å². The lowest BCUT2D eigenvalue weighted by Crippen LogP contribution is -2.64. The van der Waals surface area contributed by atoms with Crippen molar-refractivity contribution >= 4 is 0 Å². The molecular weight excluding hydrogens is 456 g/mol. The van der Waals surface area contributed by atoms with E-state index in [9.17, 15) is 51.1 Å². The molecule has 0 bridgehead atoms. The van der Waals surface area contributed by atoms with Gasteiger partial charge in [0.15, 0.2) is 18.9 Å². The Labute approximate surface area is 187 Å². The van der Waals surface area contributed by atoms with Gasteiger partial charge in [0.05, 0.1) is 25.9 Å². The molecule has 3 aliphatic heterocycles. The zero-order valence-electron chi connectivity index (χ0n) is 17.4. The van der Waals surface area contributed by atoms with Crippen molar-refractivity contribution in [3.8, 4) is 0 Å².